The highest BCUT2D eigenvalue weighted by atomic mass is 35.5. The third-order valence-electron chi connectivity index (χ3n) is 2.12. The number of halogens is 1. The van der Waals surface area contributed by atoms with E-state index in [4.69, 9.17) is 11.6 Å². The normalized spacial score (nSPS) is 10.8. The molecule has 0 bridgehead atoms. The third kappa shape index (κ3) is 1.91. The average Bonchev–Trinajstić information content (AvgIpc) is 2.86. The third-order valence-corrected chi connectivity index (χ3v) is 3.99. The van der Waals surface area contributed by atoms with Crippen molar-refractivity contribution < 1.29 is 0 Å². The molecule has 2 nitrogen and oxygen atoms in total. The topological polar surface area (TPSA) is 24.9 Å². The Morgan fingerprint density at radius 3 is 3.00 bits per heavy atom. The average molecular weight is 267 g/mol. The molecule has 1 N–H and O–H groups in total. The second-order valence-corrected chi connectivity index (χ2v) is 5.52. The van der Waals surface area contributed by atoms with Gasteiger partial charge in [0, 0.05) is 10.4 Å². The SMILES string of the molecule is Clc1ccc2sc(Nc3ccsc3)nc2c1. The Labute approximate surface area is 106 Å². The Balaban J connectivity index is 1.99. The smallest absolute Gasteiger partial charge is 0.188 e. The summed E-state index contributed by atoms with van der Waals surface area (Å²) in [5, 5.41) is 8.98. The van der Waals surface area contributed by atoms with E-state index in [0.717, 1.165) is 26.1 Å². The Morgan fingerprint density at radius 1 is 1.25 bits per heavy atom. The number of nitrogens with zero attached hydrogens (tertiary/aromatic N) is 1. The van der Waals surface area contributed by atoms with Crippen LogP contribution in [0.15, 0.2) is 35.0 Å². The Morgan fingerprint density at radius 2 is 2.19 bits per heavy atom. The van der Waals surface area contributed by atoms with Crippen LogP contribution in [-0.4, -0.2) is 4.98 Å². The molecule has 0 saturated heterocycles. The molecule has 5 heteroatoms. The van der Waals surface area contributed by atoms with Crippen LogP contribution in [0.3, 0.4) is 0 Å². The van der Waals surface area contributed by atoms with E-state index >= 15 is 0 Å². The molecule has 0 aliphatic rings. The zero-order valence-corrected chi connectivity index (χ0v) is 10.5. The van der Waals surface area contributed by atoms with Crippen LogP contribution in [-0.2, 0) is 0 Å². The molecule has 0 radical (unpaired) electrons. The van der Waals surface area contributed by atoms with Gasteiger partial charge >= 0.3 is 0 Å². The van der Waals surface area contributed by atoms with Crippen molar-refractivity contribution in [1.82, 2.24) is 4.98 Å². The first-order chi connectivity index (χ1) is 7.81. The van der Waals surface area contributed by atoms with Gasteiger partial charge in [0.1, 0.15) is 0 Å². The molecule has 0 aliphatic heterocycles. The quantitative estimate of drug-likeness (QED) is 0.724. The minimum absolute atomic E-state index is 0.722. The van der Waals surface area contributed by atoms with Gasteiger partial charge in [0.05, 0.1) is 15.9 Å². The number of thiophene rings is 1. The van der Waals surface area contributed by atoms with Gasteiger partial charge < -0.3 is 5.32 Å². The maximum absolute atomic E-state index is 5.92. The standard InChI is InChI=1S/C11H7ClN2S2/c12-7-1-2-10-9(5-7)14-11(16-10)13-8-3-4-15-6-8/h1-6H,(H,13,14). The molecule has 0 atom stereocenters. The molecule has 0 fully saturated rings. The van der Waals surface area contributed by atoms with E-state index in [9.17, 15) is 0 Å². The summed E-state index contributed by atoms with van der Waals surface area (Å²) in [6.45, 7) is 0. The van der Waals surface area contributed by atoms with Gasteiger partial charge in [0.25, 0.3) is 0 Å². The first-order valence-corrected chi connectivity index (χ1v) is 6.80. The highest BCUT2D eigenvalue weighted by Gasteiger charge is 2.04. The van der Waals surface area contributed by atoms with E-state index in [1.807, 2.05) is 29.6 Å². The van der Waals surface area contributed by atoms with E-state index in [2.05, 4.69) is 15.7 Å². The van der Waals surface area contributed by atoms with Gasteiger partial charge in [-0.25, -0.2) is 4.98 Å². The van der Waals surface area contributed by atoms with Gasteiger partial charge in [-0.3, -0.25) is 0 Å². The fourth-order valence-corrected chi connectivity index (χ4v) is 3.03. The van der Waals surface area contributed by atoms with Crippen LogP contribution in [0.5, 0.6) is 0 Å². The molecular formula is C11H7ClN2S2. The van der Waals surface area contributed by atoms with Gasteiger partial charge in [-0.15, -0.1) is 0 Å². The van der Waals surface area contributed by atoms with E-state index in [1.165, 1.54) is 0 Å². The number of benzene rings is 1. The van der Waals surface area contributed by atoms with Crippen molar-refractivity contribution in [2.75, 3.05) is 5.32 Å². The Bertz CT molecular complexity index is 616. The van der Waals surface area contributed by atoms with E-state index < -0.39 is 0 Å². The summed E-state index contributed by atoms with van der Waals surface area (Å²) in [7, 11) is 0. The minimum Gasteiger partial charge on any atom is -0.331 e. The van der Waals surface area contributed by atoms with Crippen molar-refractivity contribution in [1.29, 1.82) is 0 Å². The van der Waals surface area contributed by atoms with E-state index in [1.54, 1.807) is 22.7 Å². The lowest BCUT2D eigenvalue weighted by Crippen LogP contribution is -1.85. The molecule has 2 aromatic heterocycles. The van der Waals surface area contributed by atoms with Gasteiger partial charge in [-0.05, 0) is 29.6 Å². The van der Waals surface area contributed by atoms with E-state index in [-0.39, 0.29) is 0 Å². The maximum atomic E-state index is 5.92. The van der Waals surface area contributed by atoms with Crippen LogP contribution in [0.25, 0.3) is 10.2 Å². The predicted molar refractivity (Wildman–Crippen MR) is 72.2 cm³/mol. The molecule has 1 aromatic carbocycles. The lowest BCUT2D eigenvalue weighted by molar-refractivity contribution is 1.45. The van der Waals surface area contributed by atoms with Crippen LogP contribution < -0.4 is 5.32 Å². The molecule has 0 amide bonds. The fraction of sp³-hybridized carbons (Fsp3) is 0. The summed E-state index contributed by atoms with van der Waals surface area (Å²) in [5.74, 6) is 0. The zero-order valence-electron chi connectivity index (χ0n) is 8.11. The molecule has 3 rings (SSSR count). The molecule has 2 heterocycles. The van der Waals surface area contributed by atoms with Crippen LogP contribution in [0.1, 0.15) is 0 Å². The number of thiazole rings is 1. The van der Waals surface area contributed by atoms with Crippen LogP contribution in [0.2, 0.25) is 5.02 Å². The molecule has 3 aromatic rings. The second-order valence-electron chi connectivity index (χ2n) is 3.27. The van der Waals surface area contributed by atoms with Crippen molar-refractivity contribution >= 4 is 55.3 Å². The number of fused-ring (bicyclic) bond motifs is 1. The number of nitrogens with one attached hydrogen (secondary N) is 1. The minimum atomic E-state index is 0.722. The van der Waals surface area contributed by atoms with Crippen LogP contribution in [0, 0.1) is 0 Å². The van der Waals surface area contributed by atoms with Crippen LogP contribution >= 0.6 is 34.3 Å². The summed E-state index contributed by atoms with van der Waals surface area (Å²) < 4.78 is 1.14. The van der Waals surface area contributed by atoms with Gasteiger partial charge in [0.2, 0.25) is 0 Å². The summed E-state index contributed by atoms with van der Waals surface area (Å²) in [5.41, 5.74) is 2.02. The molecule has 16 heavy (non-hydrogen) atoms. The van der Waals surface area contributed by atoms with Crippen molar-refractivity contribution in [3.05, 3.63) is 40.0 Å². The van der Waals surface area contributed by atoms with Gasteiger partial charge in [0.15, 0.2) is 5.13 Å². The summed E-state index contributed by atoms with van der Waals surface area (Å²) >= 11 is 9.21. The van der Waals surface area contributed by atoms with Gasteiger partial charge in [-0.2, -0.15) is 11.3 Å². The summed E-state index contributed by atoms with van der Waals surface area (Å²) in [6.07, 6.45) is 0. The molecule has 0 saturated carbocycles. The molecule has 0 spiro atoms. The lowest BCUT2D eigenvalue weighted by Gasteiger charge is -1.95. The van der Waals surface area contributed by atoms with Crippen molar-refractivity contribution in [3.8, 4) is 0 Å². The zero-order chi connectivity index (χ0) is 11.0. The van der Waals surface area contributed by atoms with Crippen molar-refractivity contribution in [2.45, 2.75) is 0 Å². The lowest BCUT2D eigenvalue weighted by atomic mass is 10.3. The number of hydrogen-bond acceptors (Lipinski definition) is 4. The van der Waals surface area contributed by atoms with Gasteiger partial charge in [-0.1, -0.05) is 22.9 Å². The largest absolute Gasteiger partial charge is 0.331 e. The predicted octanol–water partition coefficient (Wildman–Crippen LogP) is 4.75. The highest BCUT2D eigenvalue weighted by Crippen LogP contribution is 2.30. The first-order valence-electron chi connectivity index (χ1n) is 4.66. The fourth-order valence-electron chi connectivity index (χ4n) is 1.41. The molecule has 80 valence electrons. The number of anilines is 2. The monoisotopic (exact) mass is 266 g/mol. The molecule has 0 aliphatic carbocycles. The molecule has 0 unspecified atom stereocenters. The number of hydrogen-bond donors (Lipinski definition) is 1. The van der Waals surface area contributed by atoms with Crippen molar-refractivity contribution in [2.24, 2.45) is 0 Å². The number of aromatic nitrogens is 1. The number of rotatable bonds is 2. The first kappa shape index (κ1) is 10.1. The van der Waals surface area contributed by atoms with E-state index in [0.29, 0.717) is 0 Å². The summed E-state index contributed by atoms with van der Waals surface area (Å²) in [6, 6.07) is 7.79. The molecular weight excluding hydrogens is 260 g/mol. The Kier molecular flexibility index (Phi) is 2.55. The maximum Gasteiger partial charge on any atom is 0.188 e. The second kappa shape index (κ2) is 4.05. The van der Waals surface area contributed by atoms with Crippen LogP contribution in [0.4, 0.5) is 10.8 Å². The Hall–Kier alpha value is -1.10. The van der Waals surface area contributed by atoms with Crippen molar-refractivity contribution in [3.63, 3.8) is 0 Å². The summed E-state index contributed by atoms with van der Waals surface area (Å²) in [4.78, 5) is 4.48. The highest BCUT2D eigenvalue weighted by molar-refractivity contribution is 7.22.